The third-order valence-electron chi connectivity index (χ3n) is 4.56. The van der Waals surface area contributed by atoms with Crippen LogP contribution in [0.5, 0.6) is 0 Å². The first kappa shape index (κ1) is 20.0. The quantitative estimate of drug-likeness (QED) is 0.612. The molecule has 0 radical (unpaired) electrons. The van der Waals surface area contributed by atoms with E-state index in [1.165, 1.54) is 6.07 Å². The Kier molecular flexibility index (Phi) is 5.48. The molecular weight excluding hydrogens is 388 g/mol. The number of benzene rings is 1. The van der Waals surface area contributed by atoms with Crippen LogP contribution in [0.1, 0.15) is 18.4 Å². The maximum absolute atomic E-state index is 13.7. The normalized spacial score (nSPS) is 15.6. The lowest BCUT2D eigenvalue weighted by Gasteiger charge is -2.32. The highest BCUT2D eigenvalue weighted by atomic mass is 19.4. The number of alkyl halides is 3. The Bertz CT molecular complexity index is 861. The number of pyridine rings is 1. The molecule has 0 bridgehead atoms. The number of anilines is 2. The molecular formula is C18H15F6N3O. The highest BCUT2D eigenvalue weighted by Gasteiger charge is 2.31. The van der Waals surface area contributed by atoms with Gasteiger partial charge >= 0.3 is 6.18 Å². The monoisotopic (exact) mass is 403 g/mol. The molecule has 0 aliphatic carbocycles. The summed E-state index contributed by atoms with van der Waals surface area (Å²) in [5.41, 5.74) is -1.30. The van der Waals surface area contributed by atoms with E-state index in [1.807, 2.05) is 0 Å². The lowest BCUT2D eigenvalue weighted by Crippen LogP contribution is -2.38. The van der Waals surface area contributed by atoms with Crippen molar-refractivity contribution in [2.75, 3.05) is 23.3 Å². The third-order valence-corrected chi connectivity index (χ3v) is 4.56. The van der Waals surface area contributed by atoms with Gasteiger partial charge in [-0.05, 0) is 37.1 Å². The molecule has 0 unspecified atom stereocenters. The van der Waals surface area contributed by atoms with E-state index in [1.54, 1.807) is 4.90 Å². The minimum Gasteiger partial charge on any atom is -0.357 e. The fraction of sp³-hybridized carbons (Fsp3) is 0.333. The van der Waals surface area contributed by atoms with Crippen LogP contribution in [0.25, 0.3) is 0 Å². The van der Waals surface area contributed by atoms with Crippen molar-refractivity contribution in [3.63, 3.8) is 0 Å². The largest absolute Gasteiger partial charge is 0.417 e. The summed E-state index contributed by atoms with van der Waals surface area (Å²) < 4.78 is 77.6. The zero-order valence-corrected chi connectivity index (χ0v) is 14.4. The van der Waals surface area contributed by atoms with Crippen molar-refractivity contribution in [3.8, 4) is 0 Å². The molecule has 1 aliphatic rings. The molecule has 28 heavy (non-hydrogen) atoms. The number of nitrogens with zero attached hydrogens (tertiary/aromatic N) is 2. The second-order valence-corrected chi connectivity index (χ2v) is 6.38. The van der Waals surface area contributed by atoms with Gasteiger partial charge in [-0.25, -0.2) is 18.2 Å². The minimum absolute atomic E-state index is 0.347. The summed E-state index contributed by atoms with van der Waals surface area (Å²) in [5.74, 6) is -5.17. The molecule has 0 spiro atoms. The smallest absolute Gasteiger partial charge is 0.357 e. The molecule has 4 nitrogen and oxygen atoms in total. The van der Waals surface area contributed by atoms with Gasteiger partial charge < -0.3 is 10.2 Å². The molecule has 3 rings (SSSR count). The number of rotatable bonds is 3. The van der Waals surface area contributed by atoms with Crippen LogP contribution in [0.4, 0.5) is 37.8 Å². The van der Waals surface area contributed by atoms with Crippen molar-refractivity contribution >= 4 is 17.4 Å². The summed E-state index contributed by atoms with van der Waals surface area (Å²) in [5, 5.41) is 2.25. The zero-order chi connectivity index (χ0) is 20.5. The second kappa shape index (κ2) is 7.69. The van der Waals surface area contributed by atoms with Gasteiger partial charge in [0.1, 0.15) is 5.82 Å². The van der Waals surface area contributed by atoms with Crippen LogP contribution in [-0.2, 0) is 11.0 Å². The molecule has 0 saturated carbocycles. The Labute approximate surface area is 156 Å². The van der Waals surface area contributed by atoms with Crippen molar-refractivity contribution in [2.45, 2.75) is 19.0 Å². The Morgan fingerprint density at radius 3 is 2.29 bits per heavy atom. The first-order valence-electron chi connectivity index (χ1n) is 8.39. The number of hydrogen-bond acceptors (Lipinski definition) is 3. The SMILES string of the molecule is O=C(Nc1ccc(F)c(F)c1F)C1CCN(c2ccc(C(F)(F)F)cn2)CC1. The van der Waals surface area contributed by atoms with E-state index in [4.69, 9.17) is 0 Å². The highest BCUT2D eigenvalue weighted by Crippen LogP contribution is 2.30. The molecule has 1 fully saturated rings. The van der Waals surface area contributed by atoms with Crippen LogP contribution < -0.4 is 10.2 Å². The molecule has 1 aliphatic heterocycles. The van der Waals surface area contributed by atoms with Gasteiger partial charge in [0.05, 0.1) is 11.3 Å². The van der Waals surface area contributed by atoms with Crippen LogP contribution in [0.2, 0.25) is 0 Å². The molecule has 1 aromatic carbocycles. The number of nitrogens with one attached hydrogen (secondary N) is 1. The van der Waals surface area contributed by atoms with Crippen molar-refractivity contribution in [1.29, 1.82) is 0 Å². The van der Waals surface area contributed by atoms with Crippen molar-refractivity contribution in [1.82, 2.24) is 4.98 Å². The number of piperidine rings is 1. The predicted octanol–water partition coefficient (Wildman–Crippen LogP) is 4.37. The van der Waals surface area contributed by atoms with Crippen LogP contribution in [0, 0.1) is 23.4 Å². The highest BCUT2D eigenvalue weighted by molar-refractivity contribution is 5.92. The average Bonchev–Trinajstić information content (AvgIpc) is 2.68. The molecule has 2 aromatic rings. The number of halogens is 6. The van der Waals surface area contributed by atoms with Crippen LogP contribution in [0.15, 0.2) is 30.5 Å². The van der Waals surface area contributed by atoms with Gasteiger partial charge in [-0.2, -0.15) is 13.2 Å². The third kappa shape index (κ3) is 4.20. The minimum atomic E-state index is -4.47. The fourth-order valence-corrected chi connectivity index (χ4v) is 2.97. The lowest BCUT2D eigenvalue weighted by molar-refractivity contribution is -0.137. The van der Waals surface area contributed by atoms with Crippen molar-refractivity contribution in [3.05, 3.63) is 53.5 Å². The van der Waals surface area contributed by atoms with E-state index in [0.29, 0.717) is 37.8 Å². The summed E-state index contributed by atoms with van der Waals surface area (Å²) >= 11 is 0. The van der Waals surface area contributed by atoms with Crippen LogP contribution in [0.3, 0.4) is 0 Å². The number of carbonyl (C=O) groups is 1. The van der Waals surface area contributed by atoms with E-state index in [-0.39, 0.29) is 0 Å². The zero-order valence-electron chi connectivity index (χ0n) is 14.4. The Balaban J connectivity index is 1.59. The average molecular weight is 403 g/mol. The molecule has 150 valence electrons. The predicted molar refractivity (Wildman–Crippen MR) is 89.1 cm³/mol. The molecule has 10 heteroatoms. The molecule has 1 amide bonds. The summed E-state index contributed by atoms with van der Waals surface area (Å²) in [6.07, 6.45) is -3.02. The summed E-state index contributed by atoms with van der Waals surface area (Å²) in [6, 6.07) is 3.85. The van der Waals surface area contributed by atoms with E-state index in [0.717, 1.165) is 18.3 Å². The maximum Gasteiger partial charge on any atom is 0.417 e. The van der Waals surface area contributed by atoms with Crippen LogP contribution in [-0.4, -0.2) is 24.0 Å². The van der Waals surface area contributed by atoms with Gasteiger partial charge in [-0.1, -0.05) is 0 Å². The molecule has 0 atom stereocenters. The number of carbonyl (C=O) groups excluding carboxylic acids is 1. The topological polar surface area (TPSA) is 45.2 Å². The number of aromatic nitrogens is 1. The van der Waals surface area contributed by atoms with E-state index < -0.39 is 46.7 Å². The molecule has 2 heterocycles. The fourth-order valence-electron chi connectivity index (χ4n) is 2.97. The number of amides is 1. The summed E-state index contributed by atoms with van der Waals surface area (Å²) in [6.45, 7) is 0.716. The standard InChI is InChI=1S/C18H15F6N3O/c19-12-2-3-13(16(21)15(12)20)26-17(28)10-5-7-27(8-6-10)14-4-1-11(9-25-14)18(22,23)24/h1-4,9-10H,5-8H2,(H,26,28). The summed E-state index contributed by atoms with van der Waals surface area (Å²) in [4.78, 5) is 17.8. The number of hydrogen-bond donors (Lipinski definition) is 1. The lowest BCUT2D eigenvalue weighted by atomic mass is 9.95. The van der Waals surface area contributed by atoms with Gasteiger partial charge in [0.25, 0.3) is 0 Å². The molecule has 1 saturated heterocycles. The first-order valence-corrected chi connectivity index (χ1v) is 8.39. The van der Waals surface area contributed by atoms with Crippen molar-refractivity contribution < 1.29 is 31.1 Å². The molecule has 1 aromatic heterocycles. The second-order valence-electron chi connectivity index (χ2n) is 6.38. The van der Waals surface area contributed by atoms with Gasteiger partial charge in [0, 0.05) is 25.2 Å². The maximum atomic E-state index is 13.7. The molecule has 1 N–H and O–H groups in total. The van der Waals surface area contributed by atoms with E-state index >= 15 is 0 Å². The van der Waals surface area contributed by atoms with E-state index in [9.17, 15) is 31.1 Å². The Morgan fingerprint density at radius 1 is 1.04 bits per heavy atom. The van der Waals surface area contributed by atoms with Gasteiger partial charge in [-0.3, -0.25) is 4.79 Å². The van der Waals surface area contributed by atoms with Gasteiger partial charge in [0.2, 0.25) is 5.91 Å². The van der Waals surface area contributed by atoms with E-state index in [2.05, 4.69) is 10.3 Å². The van der Waals surface area contributed by atoms with Crippen LogP contribution >= 0.6 is 0 Å². The Hall–Kier alpha value is -2.78. The summed E-state index contributed by atoms with van der Waals surface area (Å²) in [7, 11) is 0. The van der Waals surface area contributed by atoms with Gasteiger partial charge in [-0.15, -0.1) is 0 Å². The Morgan fingerprint density at radius 2 is 1.71 bits per heavy atom. The first-order chi connectivity index (χ1) is 13.2. The van der Waals surface area contributed by atoms with Gasteiger partial charge in [0.15, 0.2) is 17.5 Å². The van der Waals surface area contributed by atoms with Crippen molar-refractivity contribution in [2.24, 2.45) is 5.92 Å².